The Labute approximate surface area is 180 Å². The first kappa shape index (κ1) is 21.0. The van der Waals surface area contributed by atoms with Gasteiger partial charge in [0.15, 0.2) is 0 Å². The molecule has 3 N–H and O–H groups in total. The minimum Gasteiger partial charge on any atom is -0.502 e. The van der Waals surface area contributed by atoms with E-state index in [1.54, 1.807) is 18.2 Å². The maximum atomic E-state index is 11.4. The van der Waals surface area contributed by atoms with E-state index in [1.807, 2.05) is 32.0 Å². The molecule has 10 heteroatoms. The highest BCUT2D eigenvalue weighted by Gasteiger charge is 2.28. The zero-order chi connectivity index (χ0) is 22.2. The molecule has 0 saturated carbocycles. The molecule has 0 saturated heterocycles. The van der Waals surface area contributed by atoms with Gasteiger partial charge in [-0.3, -0.25) is 0 Å². The van der Waals surface area contributed by atoms with Crippen molar-refractivity contribution in [1.82, 2.24) is 14.9 Å². The summed E-state index contributed by atoms with van der Waals surface area (Å²) in [5.41, 5.74) is 3.56. The third kappa shape index (κ3) is 4.44. The number of aromatic nitrogens is 2. The van der Waals surface area contributed by atoms with Crippen molar-refractivity contribution in [2.24, 2.45) is 5.14 Å². The van der Waals surface area contributed by atoms with Gasteiger partial charge in [-0.25, -0.2) is 9.98 Å². The van der Waals surface area contributed by atoms with Crippen LogP contribution in [0.5, 0.6) is 5.75 Å². The molecule has 0 amide bonds. The number of nitrogens with one attached hydrogen (secondary N) is 1. The van der Waals surface area contributed by atoms with Crippen molar-refractivity contribution in [3.63, 3.8) is 0 Å². The molecule has 1 aliphatic rings. The van der Waals surface area contributed by atoms with E-state index in [2.05, 4.69) is 19.7 Å². The maximum Gasteiger partial charge on any atom is 0.274 e. The molecule has 0 aliphatic heterocycles. The van der Waals surface area contributed by atoms with E-state index < -0.39 is 10.2 Å². The Morgan fingerprint density at radius 2 is 2.13 bits per heavy atom. The Bertz CT molecular complexity index is 1280. The summed E-state index contributed by atoms with van der Waals surface area (Å²) in [6.45, 7) is 11.2. The third-order valence-electron chi connectivity index (χ3n) is 4.93. The normalized spacial score (nSPS) is 15.6. The van der Waals surface area contributed by atoms with Crippen LogP contribution in [0.15, 0.2) is 40.9 Å². The highest BCUT2D eigenvalue weighted by Crippen LogP contribution is 2.38. The summed E-state index contributed by atoms with van der Waals surface area (Å²) < 4.78 is 36.5. The van der Waals surface area contributed by atoms with Crippen LogP contribution in [0.1, 0.15) is 37.4 Å². The predicted octanol–water partition coefficient (Wildman–Crippen LogP) is 3.52. The fourth-order valence-corrected chi connectivity index (χ4v) is 4.37. The molecule has 0 radical (unpaired) electrons. The van der Waals surface area contributed by atoms with Crippen molar-refractivity contribution in [3.8, 4) is 28.6 Å². The number of fused-ring (bicyclic) bond motifs is 1. The van der Waals surface area contributed by atoms with Crippen molar-refractivity contribution in [2.75, 3.05) is 0 Å². The lowest BCUT2D eigenvalue weighted by atomic mass is 10.0. The molecule has 1 aromatic heterocycles. The van der Waals surface area contributed by atoms with E-state index in [9.17, 15) is 8.42 Å². The molecule has 1 aliphatic carbocycles. The molecular formula is C21H21N5O4S. The summed E-state index contributed by atoms with van der Waals surface area (Å²) in [4.78, 5) is 8.04. The molecule has 0 unspecified atom stereocenters. The zero-order valence-electron chi connectivity index (χ0n) is 17.0. The Hall–Kier alpha value is -3.26. The molecule has 9 nitrogen and oxygen atoms in total. The summed E-state index contributed by atoms with van der Waals surface area (Å²) in [5.74, 6) is 1.18. The number of nitrogens with two attached hydrogens (primary N) is 1. The Morgan fingerprint density at radius 3 is 2.84 bits per heavy atom. The fourth-order valence-electron chi connectivity index (χ4n) is 3.73. The molecule has 0 fully saturated rings. The number of hydrogen-bond donors (Lipinski definition) is 2. The molecule has 1 atom stereocenters. The lowest BCUT2D eigenvalue weighted by molar-refractivity contribution is 0.244. The van der Waals surface area contributed by atoms with Crippen molar-refractivity contribution in [2.45, 2.75) is 38.8 Å². The Kier molecular flexibility index (Phi) is 5.49. The highest BCUT2D eigenvalue weighted by atomic mass is 32.2. The maximum absolute atomic E-state index is 11.4. The lowest BCUT2D eigenvalue weighted by Crippen LogP contribution is -2.33. The van der Waals surface area contributed by atoms with E-state index in [0.29, 0.717) is 35.7 Å². The first-order valence-corrected chi connectivity index (χ1v) is 11.2. The van der Waals surface area contributed by atoms with E-state index >= 15 is 0 Å². The largest absolute Gasteiger partial charge is 0.502 e. The van der Waals surface area contributed by atoms with Crippen LogP contribution in [0.3, 0.4) is 0 Å². The second-order valence-electron chi connectivity index (χ2n) is 7.51. The standard InChI is InChI=1S/C21H21N5O4S/c1-12(2)29-19-10-7-13(11-18(19)23-3)21-24-20(25-30-21)16-6-4-5-15-14(16)8-9-17(15)26-31(22,27)28/h4-7,10-12,17,26H,8-9H2,1-2H3,(H2,22,27,28)/t17-/m0/s1. The highest BCUT2D eigenvalue weighted by molar-refractivity contribution is 7.87. The van der Waals surface area contributed by atoms with Crippen molar-refractivity contribution < 1.29 is 17.7 Å². The number of hydrogen-bond acceptors (Lipinski definition) is 6. The van der Waals surface area contributed by atoms with Crippen LogP contribution in [-0.4, -0.2) is 24.7 Å². The Balaban J connectivity index is 1.66. The lowest BCUT2D eigenvalue weighted by Gasteiger charge is -2.12. The van der Waals surface area contributed by atoms with E-state index in [0.717, 1.165) is 16.7 Å². The average molecular weight is 439 g/mol. The molecule has 31 heavy (non-hydrogen) atoms. The van der Waals surface area contributed by atoms with Gasteiger partial charge in [0.1, 0.15) is 5.75 Å². The van der Waals surface area contributed by atoms with Gasteiger partial charge in [-0.1, -0.05) is 23.4 Å². The summed E-state index contributed by atoms with van der Waals surface area (Å²) in [6.07, 6.45) is 1.21. The quantitative estimate of drug-likeness (QED) is 0.566. The molecule has 1 heterocycles. The second-order valence-corrected chi connectivity index (χ2v) is 8.84. The number of nitrogens with zero attached hydrogens (tertiary/aromatic N) is 3. The van der Waals surface area contributed by atoms with Gasteiger partial charge >= 0.3 is 0 Å². The minimum atomic E-state index is -3.81. The number of benzene rings is 2. The predicted molar refractivity (Wildman–Crippen MR) is 115 cm³/mol. The van der Waals surface area contributed by atoms with E-state index in [4.69, 9.17) is 21.0 Å². The molecule has 3 aromatic rings. The smallest absolute Gasteiger partial charge is 0.274 e. The van der Waals surface area contributed by atoms with Gasteiger partial charge < -0.3 is 9.26 Å². The SMILES string of the molecule is [C-]#[N+]c1cc(-c2nc(-c3cccc4c3CC[C@@H]4NS(N)(=O)=O)no2)ccc1OC(C)C. The van der Waals surface area contributed by atoms with Crippen LogP contribution in [0.25, 0.3) is 27.7 Å². The minimum absolute atomic E-state index is 0.0471. The topological polar surface area (TPSA) is 125 Å². The van der Waals surface area contributed by atoms with E-state index in [-0.39, 0.29) is 18.0 Å². The van der Waals surface area contributed by atoms with Gasteiger partial charge in [0.05, 0.1) is 12.7 Å². The van der Waals surface area contributed by atoms with Crippen molar-refractivity contribution in [1.29, 1.82) is 0 Å². The van der Waals surface area contributed by atoms with Crippen LogP contribution in [0.4, 0.5) is 5.69 Å². The van der Waals surface area contributed by atoms with Gasteiger partial charge in [-0.2, -0.15) is 18.1 Å². The molecule has 2 aromatic carbocycles. The number of rotatable bonds is 6. The van der Waals surface area contributed by atoms with E-state index in [1.165, 1.54) is 0 Å². The van der Waals surface area contributed by atoms with Crippen LogP contribution in [-0.2, 0) is 16.6 Å². The van der Waals surface area contributed by atoms with Crippen LogP contribution in [0, 0.1) is 6.57 Å². The summed E-state index contributed by atoms with van der Waals surface area (Å²) in [6, 6.07) is 10.3. The van der Waals surface area contributed by atoms with Gasteiger partial charge in [-0.05, 0) is 56.0 Å². The van der Waals surface area contributed by atoms with Gasteiger partial charge in [0.2, 0.25) is 11.5 Å². The fraction of sp³-hybridized carbons (Fsp3) is 0.286. The van der Waals surface area contributed by atoms with Gasteiger partial charge in [-0.15, -0.1) is 0 Å². The third-order valence-corrected chi connectivity index (χ3v) is 5.55. The second kappa shape index (κ2) is 8.11. The zero-order valence-corrected chi connectivity index (χ0v) is 17.8. The Morgan fingerprint density at radius 1 is 1.32 bits per heavy atom. The molecule has 0 bridgehead atoms. The van der Waals surface area contributed by atoms with Crippen LogP contribution < -0.4 is 14.6 Å². The summed E-state index contributed by atoms with van der Waals surface area (Å²) in [7, 11) is -3.81. The van der Waals surface area contributed by atoms with Gasteiger partial charge in [0, 0.05) is 17.2 Å². The summed E-state index contributed by atoms with van der Waals surface area (Å²) >= 11 is 0. The average Bonchev–Trinajstić information content (AvgIpc) is 3.34. The van der Waals surface area contributed by atoms with Crippen molar-refractivity contribution >= 4 is 15.9 Å². The van der Waals surface area contributed by atoms with Gasteiger partial charge in [0.25, 0.3) is 16.1 Å². The molecular weight excluding hydrogens is 418 g/mol. The number of ether oxygens (including phenoxy) is 1. The van der Waals surface area contributed by atoms with Crippen LogP contribution in [0.2, 0.25) is 0 Å². The first-order chi connectivity index (χ1) is 14.7. The molecule has 0 spiro atoms. The summed E-state index contributed by atoms with van der Waals surface area (Å²) in [5, 5.41) is 9.25. The van der Waals surface area contributed by atoms with Crippen LogP contribution >= 0.6 is 0 Å². The molecule has 4 rings (SSSR count). The van der Waals surface area contributed by atoms with Crippen molar-refractivity contribution in [3.05, 3.63) is 58.9 Å². The monoisotopic (exact) mass is 439 g/mol. The first-order valence-electron chi connectivity index (χ1n) is 9.69. The molecule has 160 valence electrons.